The van der Waals surface area contributed by atoms with Crippen molar-refractivity contribution in [3.63, 3.8) is 0 Å². The molecule has 0 saturated carbocycles. The van der Waals surface area contributed by atoms with Crippen LogP contribution in [0.1, 0.15) is 79.2 Å². The summed E-state index contributed by atoms with van der Waals surface area (Å²) in [7, 11) is 0. The van der Waals surface area contributed by atoms with Crippen LogP contribution in [0.5, 0.6) is 0 Å². The van der Waals surface area contributed by atoms with E-state index in [4.69, 9.17) is 0 Å². The first-order chi connectivity index (χ1) is 20.7. The highest BCUT2D eigenvalue weighted by Crippen LogP contribution is 2.33. The van der Waals surface area contributed by atoms with Crippen LogP contribution in [0.4, 0.5) is 4.39 Å². The molecule has 1 aliphatic heterocycles. The highest BCUT2D eigenvalue weighted by atomic mass is 19.1. The molecule has 8 nitrogen and oxygen atoms in total. The summed E-state index contributed by atoms with van der Waals surface area (Å²) in [5.74, 6) is -1.62. The molecule has 2 heterocycles. The molecule has 1 aliphatic rings. The lowest BCUT2D eigenvalue weighted by molar-refractivity contribution is -0.138. The molecule has 1 amide bonds. The molecule has 0 spiro atoms. The zero-order valence-corrected chi connectivity index (χ0v) is 26.9. The maximum absolute atomic E-state index is 15.7. The number of hydrogen-bond acceptors (Lipinski definition) is 5. The molecule has 236 valence electrons. The summed E-state index contributed by atoms with van der Waals surface area (Å²) in [6.07, 6.45) is 0.415. The standard InChI is InChI=1S/C35H45FN4O4/c1-20(2)13-30(40-35(44)25(7)15-27(38-40)11-12-39-18-21(3)19-39)34(43)37-29(17-31(41)42)28-16-26(14-24(6)33(28)36)32-22(4)9-8-10-23(32)5/h8-10,14-16,20-21,29-30H,11-13,17-19H2,1-7H3,(H,37,43)(H,41,42). The van der Waals surface area contributed by atoms with Crippen molar-refractivity contribution in [2.24, 2.45) is 11.8 Å². The zero-order chi connectivity index (χ0) is 32.3. The van der Waals surface area contributed by atoms with E-state index in [1.165, 1.54) is 4.68 Å². The third-order valence-corrected chi connectivity index (χ3v) is 8.40. The molecule has 1 aromatic heterocycles. The minimum absolute atomic E-state index is 0.0234. The number of amides is 1. The van der Waals surface area contributed by atoms with Crippen LogP contribution in [0, 0.1) is 45.3 Å². The van der Waals surface area contributed by atoms with Gasteiger partial charge in [-0.3, -0.25) is 14.4 Å². The first-order valence-corrected chi connectivity index (χ1v) is 15.5. The van der Waals surface area contributed by atoms with E-state index in [9.17, 15) is 19.5 Å². The Kier molecular flexibility index (Phi) is 10.4. The van der Waals surface area contributed by atoms with E-state index in [1.54, 1.807) is 32.0 Å². The van der Waals surface area contributed by atoms with E-state index in [2.05, 4.69) is 22.2 Å². The number of carbonyl (C=O) groups is 2. The number of carbonyl (C=O) groups excluding carboxylic acids is 1. The van der Waals surface area contributed by atoms with Gasteiger partial charge in [0.15, 0.2) is 0 Å². The van der Waals surface area contributed by atoms with Gasteiger partial charge in [-0.25, -0.2) is 9.07 Å². The topological polar surface area (TPSA) is 105 Å². The Bertz CT molecular complexity index is 1570. The lowest BCUT2D eigenvalue weighted by atomic mass is 9.90. The molecule has 2 N–H and O–H groups in total. The van der Waals surface area contributed by atoms with Gasteiger partial charge in [-0.1, -0.05) is 39.0 Å². The number of carboxylic acid groups (broad SMARTS) is 1. The SMILES string of the molecule is Cc1cc(-c2c(C)cccc2C)cc(C(CC(=O)O)NC(=O)C(CC(C)C)n2nc(CCN3CC(C)C3)cc(C)c2=O)c1F. The molecule has 1 saturated heterocycles. The number of nitrogens with one attached hydrogen (secondary N) is 1. The fourth-order valence-electron chi connectivity index (χ4n) is 6.23. The molecule has 3 aromatic rings. The van der Waals surface area contributed by atoms with Crippen molar-refractivity contribution in [3.8, 4) is 11.1 Å². The maximum atomic E-state index is 15.7. The molecule has 0 radical (unpaired) electrons. The summed E-state index contributed by atoms with van der Waals surface area (Å²) in [6, 6.07) is 8.89. The van der Waals surface area contributed by atoms with Crippen LogP contribution in [0.25, 0.3) is 11.1 Å². The summed E-state index contributed by atoms with van der Waals surface area (Å²) in [5, 5.41) is 17.3. The number of aliphatic carboxylic acids is 1. The van der Waals surface area contributed by atoms with Crippen molar-refractivity contribution >= 4 is 11.9 Å². The van der Waals surface area contributed by atoms with Gasteiger partial charge in [0, 0.05) is 37.2 Å². The molecule has 2 aromatic carbocycles. The van der Waals surface area contributed by atoms with Crippen molar-refractivity contribution < 1.29 is 19.1 Å². The van der Waals surface area contributed by atoms with Gasteiger partial charge in [0.1, 0.15) is 11.9 Å². The molecular formula is C35H45FN4O4. The van der Waals surface area contributed by atoms with Gasteiger partial charge in [0.2, 0.25) is 5.91 Å². The zero-order valence-electron chi connectivity index (χ0n) is 26.9. The monoisotopic (exact) mass is 604 g/mol. The Morgan fingerprint density at radius 1 is 1.05 bits per heavy atom. The molecule has 2 unspecified atom stereocenters. The van der Waals surface area contributed by atoms with Crippen LogP contribution in [0.2, 0.25) is 0 Å². The second-order valence-corrected chi connectivity index (χ2v) is 13.0. The average Bonchev–Trinajstić information content (AvgIpc) is 2.92. The predicted molar refractivity (Wildman–Crippen MR) is 170 cm³/mol. The number of benzene rings is 2. The summed E-state index contributed by atoms with van der Waals surface area (Å²) in [5.41, 5.74) is 4.95. The van der Waals surface area contributed by atoms with Crippen LogP contribution in [-0.2, 0) is 16.0 Å². The Hall–Kier alpha value is -3.85. The highest BCUT2D eigenvalue weighted by Gasteiger charge is 2.30. The lowest BCUT2D eigenvalue weighted by Gasteiger charge is -2.37. The molecule has 0 aliphatic carbocycles. The van der Waals surface area contributed by atoms with E-state index in [0.717, 1.165) is 41.9 Å². The van der Waals surface area contributed by atoms with Crippen molar-refractivity contribution in [1.82, 2.24) is 20.0 Å². The number of aryl methyl sites for hydroxylation is 4. The molecule has 1 fully saturated rings. The fourth-order valence-corrected chi connectivity index (χ4v) is 6.23. The fraction of sp³-hybridized carbons (Fsp3) is 0.486. The molecule has 0 bridgehead atoms. The van der Waals surface area contributed by atoms with Crippen molar-refractivity contribution in [2.75, 3.05) is 19.6 Å². The summed E-state index contributed by atoms with van der Waals surface area (Å²) >= 11 is 0. The molecule has 44 heavy (non-hydrogen) atoms. The number of nitrogens with zero attached hydrogens (tertiary/aromatic N) is 3. The summed E-state index contributed by atoms with van der Waals surface area (Å²) in [6.45, 7) is 16.3. The first kappa shape index (κ1) is 33.1. The van der Waals surface area contributed by atoms with Crippen molar-refractivity contribution in [3.05, 3.63) is 86.1 Å². The Balaban J connectivity index is 1.71. The van der Waals surface area contributed by atoms with Gasteiger partial charge in [-0.05, 0) is 92.0 Å². The predicted octanol–water partition coefficient (Wildman–Crippen LogP) is 5.70. The maximum Gasteiger partial charge on any atom is 0.305 e. The molecule has 2 atom stereocenters. The van der Waals surface area contributed by atoms with Crippen LogP contribution >= 0.6 is 0 Å². The van der Waals surface area contributed by atoms with E-state index in [1.807, 2.05) is 45.9 Å². The quantitative estimate of drug-likeness (QED) is 0.275. The Morgan fingerprint density at radius 2 is 1.70 bits per heavy atom. The van der Waals surface area contributed by atoms with Gasteiger partial charge in [-0.2, -0.15) is 5.10 Å². The van der Waals surface area contributed by atoms with Gasteiger partial charge in [-0.15, -0.1) is 0 Å². The smallest absolute Gasteiger partial charge is 0.305 e. The minimum Gasteiger partial charge on any atom is -0.481 e. The van der Waals surface area contributed by atoms with E-state index < -0.39 is 36.2 Å². The summed E-state index contributed by atoms with van der Waals surface area (Å²) in [4.78, 5) is 41.7. The third-order valence-electron chi connectivity index (χ3n) is 8.40. The van der Waals surface area contributed by atoms with Crippen LogP contribution in [-0.4, -0.2) is 51.3 Å². The number of halogens is 1. The highest BCUT2D eigenvalue weighted by molar-refractivity contribution is 5.82. The second-order valence-electron chi connectivity index (χ2n) is 13.0. The van der Waals surface area contributed by atoms with E-state index in [-0.39, 0.29) is 17.0 Å². The normalized spacial score (nSPS) is 15.2. The van der Waals surface area contributed by atoms with E-state index >= 15 is 4.39 Å². The Morgan fingerprint density at radius 3 is 2.30 bits per heavy atom. The molecular weight excluding hydrogens is 559 g/mol. The number of hydrogen-bond donors (Lipinski definition) is 2. The lowest BCUT2D eigenvalue weighted by Crippen LogP contribution is -2.46. The van der Waals surface area contributed by atoms with Gasteiger partial charge < -0.3 is 15.3 Å². The number of aromatic nitrogens is 2. The summed E-state index contributed by atoms with van der Waals surface area (Å²) < 4.78 is 17.0. The number of rotatable bonds is 12. The van der Waals surface area contributed by atoms with Gasteiger partial charge in [0.05, 0.1) is 18.2 Å². The van der Waals surface area contributed by atoms with Crippen molar-refractivity contribution in [2.45, 2.75) is 79.8 Å². The van der Waals surface area contributed by atoms with E-state index in [0.29, 0.717) is 35.6 Å². The van der Waals surface area contributed by atoms with Crippen LogP contribution in [0.15, 0.2) is 41.2 Å². The van der Waals surface area contributed by atoms with Gasteiger partial charge in [0.25, 0.3) is 5.56 Å². The number of carboxylic acids is 1. The largest absolute Gasteiger partial charge is 0.481 e. The first-order valence-electron chi connectivity index (χ1n) is 15.5. The van der Waals surface area contributed by atoms with Crippen molar-refractivity contribution in [1.29, 1.82) is 0 Å². The average molecular weight is 605 g/mol. The number of likely N-dealkylation sites (tertiary alicyclic amines) is 1. The minimum atomic E-state index is -1.18. The molecule has 9 heteroatoms. The second kappa shape index (κ2) is 13.8. The Labute approximate surface area is 259 Å². The molecule has 4 rings (SSSR count). The van der Waals surface area contributed by atoms with Crippen LogP contribution in [0.3, 0.4) is 0 Å². The third kappa shape index (κ3) is 7.62. The van der Waals surface area contributed by atoms with Gasteiger partial charge >= 0.3 is 5.97 Å². The van der Waals surface area contributed by atoms with Crippen LogP contribution < -0.4 is 10.9 Å².